The van der Waals surface area contributed by atoms with Gasteiger partial charge in [-0.05, 0) is 35.1 Å². The minimum absolute atomic E-state index is 0.187. The zero-order valence-electron chi connectivity index (χ0n) is 15.6. The van der Waals surface area contributed by atoms with Gasteiger partial charge >= 0.3 is 6.03 Å². The highest BCUT2D eigenvalue weighted by molar-refractivity contribution is 5.75. The second kappa shape index (κ2) is 7.87. The molecule has 28 heavy (non-hydrogen) atoms. The smallest absolute Gasteiger partial charge is 0.315 e. The first-order chi connectivity index (χ1) is 13.7. The summed E-state index contributed by atoms with van der Waals surface area (Å²) in [6, 6.07) is 27.1. The van der Waals surface area contributed by atoms with Gasteiger partial charge in [-0.3, -0.25) is 0 Å². The topological polar surface area (TPSA) is 61.4 Å². The van der Waals surface area contributed by atoms with Gasteiger partial charge in [0.05, 0.1) is 12.6 Å². The van der Waals surface area contributed by atoms with Crippen LogP contribution in [0.1, 0.15) is 34.7 Å². The molecule has 4 rings (SSSR count). The van der Waals surface area contributed by atoms with Gasteiger partial charge in [-0.2, -0.15) is 0 Å². The maximum Gasteiger partial charge on any atom is 0.315 e. The van der Waals surface area contributed by atoms with Gasteiger partial charge < -0.3 is 15.7 Å². The Kier molecular flexibility index (Phi) is 5.13. The van der Waals surface area contributed by atoms with Crippen LogP contribution in [0.5, 0.6) is 0 Å². The van der Waals surface area contributed by atoms with Crippen molar-refractivity contribution in [1.82, 2.24) is 10.6 Å². The monoisotopic (exact) mass is 372 g/mol. The first-order valence-corrected chi connectivity index (χ1v) is 9.61. The van der Waals surface area contributed by atoms with Crippen molar-refractivity contribution in [3.63, 3.8) is 0 Å². The molecular formula is C24H24N2O2. The van der Waals surface area contributed by atoms with Crippen molar-refractivity contribution in [1.29, 1.82) is 0 Å². The van der Waals surface area contributed by atoms with Gasteiger partial charge in [-0.15, -0.1) is 0 Å². The van der Waals surface area contributed by atoms with Crippen LogP contribution in [0.15, 0.2) is 84.9 Å². The van der Waals surface area contributed by atoms with Crippen LogP contribution >= 0.6 is 0 Å². The number of hydrogen-bond acceptors (Lipinski definition) is 2. The molecule has 0 heterocycles. The molecule has 3 aromatic carbocycles. The third-order valence-corrected chi connectivity index (χ3v) is 5.41. The van der Waals surface area contributed by atoms with Crippen molar-refractivity contribution in [2.45, 2.75) is 24.5 Å². The second-order valence-electron chi connectivity index (χ2n) is 7.27. The predicted molar refractivity (Wildman–Crippen MR) is 110 cm³/mol. The Morgan fingerprint density at radius 2 is 1.46 bits per heavy atom. The fourth-order valence-electron chi connectivity index (χ4n) is 3.91. The highest BCUT2D eigenvalue weighted by atomic mass is 16.3. The lowest BCUT2D eigenvalue weighted by Gasteiger charge is -2.26. The lowest BCUT2D eigenvalue weighted by atomic mass is 9.96. The molecule has 4 heteroatoms. The van der Waals surface area contributed by atoms with E-state index < -0.39 is 5.60 Å². The van der Waals surface area contributed by atoms with Gasteiger partial charge in [0.1, 0.15) is 5.60 Å². The van der Waals surface area contributed by atoms with E-state index in [0.717, 1.165) is 28.7 Å². The van der Waals surface area contributed by atoms with Gasteiger partial charge in [0.15, 0.2) is 0 Å². The molecule has 3 N–H and O–H groups in total. The number of nitrogens with one attached hydrogen (secondary N) is 2. The van der Waals surface area contributed by atoms with E-state index in [1.165, 1.54) is 0 Å². The van der Waals surface area contributed by atoms with Crippen molar-refractivity contribution in [2.75, 3.05) is 6.54 Å². The number of benzene rings is 3. The van der Waals surface area contributed by atoms with Gasteiger partial charge in [0, 0.05) is 0 Å². The molecule has 4 nitrogen and oxygen atoms in total. The van der Waals surface area contributed by atoms with Crippen molar-refractivity contribution >= 4 is 6.03 Å². The number of rotatable bonds is 5. The summed E-state index contributed by atoms with van der Waals surface area (Å²) in [4.78, 5) is 12.7. The van der Waals surface area contributed by atoms with Crippen molar-refractivity contribution in [3.8, 4) is 0 Å². The summed E-state index contributed by atoms with van der Waals surface area (Å²) in [5.41, 5.74) is 3.07. The van der Waals surface area contributed by atoms with Crippen LogP contribution in [-0.4, -0.2) is 17.7 Å². The van der Waals surface area contributed by atoms with E-state index in [-0.39, 0.29) is 18.6 Å². The molecule has 3 aromatic rings. The van der Waals surface area contributed by atoms with E-state index in [1.54, 1.807) is 0 Å². The van der Waals surface area contributed by atoms with Crippen molar-refractivity contribution in [3.05, 3.63) is 107 Å². The number of carbonyl (C=O) groups excluding carboxylic acids is 1. The predicted octanol–water partition coefficient (Wildman–Crippen LogP) is 3.91. The molecule has 0 spiro atoms. The molecule has 142 valence electrons. The summed E-state index contributed by atoms with van der Waals surface area (Å²) >= 11 is 0. The number of carbonyl (C=O) groups is 1. The summed E-state index contributed by atoms with van der Waals surface area (Å²) in [6.07, 6.45) is 1.44. The lowest BCUT2D eigenvalue weighted by Crippen LogP contribution is -2.45. The van der Waals surface area contributed by atoms with Crippen LogP contribution in [-0.2, 0) is 12.0 Å². The van der Waals surface area contributed by atoms with E-state index in [0.29, 0.717) is 6.42 Å². The number of aryl methyl sites for hydroxylation is 1. The Balaban J connectivity index is 1.47. The maximum atomic E-state index is 12.7. The normalized spacial score (nSPS) is 17.9. The Bertz CT molecular complexity index is 904. The third-order valence-electron chi connectivity index (χ3n) is 5.41. The maximum absolute atomic E-state index is 12.7. The number of fused-ring (bicyclic) bond motifs is 1. The second-order valence-corrected chi connectivity index (χ2v) is 7.27. The van der Waals surface area contributed by atoms with Crippen LogP contribution in [0.2, 0.25) is 0 Å². The number of amides is 2. The first-order valence-electron chi connectivity index (χ1n) is 9.61. The van der Waals surface area contributed by atoms with Crippen LogP contribution < -0.4 is 10.6 Å². The molecule has 1 aliphatic rings. The molecule has 0 bridgehead atoms. The van der Waals surface area contributed by atoms with Crippen LogP contribution in [0.4, 0.5) is 4.79 Å². The fourth-order valence-corrected chi connectivity index (χ4v) is 3.91. The van der Waals surface area contributed by atoms with E-state index >= 15 is 0 Å². The van der Waals surface area contributed by atoms with E-state index in [2.05, 4.69) is 10.6 Å². The third kappa shape index (κ3) is 3.78. The summed E-state index contributed by atoms with van der Waals surface area (Å²) in [5.74, 6) is 0. The standard InChI is InChI=1S/C24H24N2O2/c27-23(25-17-24(28)16-15-18-9-7-8-14-21(18)24)26-22(19-10-3-1-4-11-19)20-12-5-2-6-13-20/h1-14,22,28H,15-17H2,(H2,25,26,27). The molecule has 0 aromatic heterocycles. The van der Waals surface area contributed by atoms with Gasteiger partial charge in [-0.1, -0.05) is 84.9 Å². The van der Waals surface area contributed by atoms with Crippen molar-refractivity contribution in [2.24, 2.45) is 0 Å². The molecular weight excluding hydrogens is 348 g/mol. The molecule has 2 amide bonds. The zero-order valence-corrected chi connectivity index (χ0v) is 15.6. The highest BCUT2D eigenvalue weighted by Crippen LogP contribution is 2.36. The van der Waals surface area contributed by atoms with Gasteiger partial charge in [0.25, 0.3) is 0 Å². The quantitative estimate of drug-likeness (QED) is 0.636. The fraction of sp³-hybridized carbons (Fsp3) is 0.208. The summed E-state index contributed by atoms with van der Waals surface area (Å²) < 4.78 is 0. The molecule has 1 atom stereocenters. The minimum Gasteiger partial charge on any atom is -0.383 e. The average Bonchev–Trinajstić information content (AvgIpc) is 3.09. The largest absolute Gasteiger partial charge is 0.383 e. The van der Waals surface area contributed by atoms with Crippen LogP contribution in [0.3, 0.4) is 0 Å². The minimum atomic E-state index is -1.01. The first kappa shape index (κ1) is 18.3. The number of aliphatic hydroxyl groups is 1. The van der Waals surface area contributed by atoms with Gasteiger partial charge in [-0.25, -0.2) is 4.79 Å². The molecule has 0 saturated carbocycles. The molecule has 1 unspecified atom stereocenters. The summed E-state index contributed by atoms with van der Waals surface area (Å²) in [6.45, 7) is 0.187. The Morgan fingerprint density at radius 3 is 2.11 bits per heavy atom. The van der Waals surface area contributed by atoms with Gasteiger partial charge in [0.2, 0.25) is 0 Å². The summed E-state index contributed by atoms with van der Waals surface area (Å²) in [5, 5.41) is 16.9. The average molecular weight is 372 g/mol. The Labute approximate surface area is 165 Å². The highest BCUT2D eigenvalue weighted by Gasteiger charge is 2.36. The lowest BCUT2D eigenvalue weighted by molar-refractivity contribution is 0.0411. The Morgan fingerprint density at radius 1 is 0.893 bits per heavy atom. The Hall–Kier alpha value is -3.11. The van der Waals surface area contributed by atoms with E-state index in [1.807, 2.05) is 84.9 Å². The molecule has 1 aliphatic carbocycles. The molecule has 0 aliphatic heterocycles. The molecule has 0 fully saturated rings. The summed E-state index contributed by atoms with van der Waals surface area (Å²) in [7, 11) is 0. The van der Waals surface area contributed by atoms with Crippen LogP contribution in [0, 0.1) is 0 Å². The SMILES string of the molecule is O=C(NCC1(O)CCc2ccccc21)NC(c1ccccc1)c1ccccc1. The number of urea groups is 1. The van der Waals surface area contributed by atoms with Crippen molar-refractivity contribution < 1.29 is 9.90 Å². The van der Waals surface area contributed by atoms with Crippen LogP contribution in [0.25, 0.3) is 0 Å². The van der Waals surface area contributed by atoms with E-state index in [4.69, 9.17) is 0 Å². The zero-order chi connectivity index (χ0) is 19.4. The van der Waals surface area contributed by atoms with E-state index in [9.17, 15) is 9.90 Å². The molecule has 0 radical (unpaired) electrons. The molecule has 0 saturated heterocycles. The number of hydrogen-bond donors (Lipinski definition) is 3.